The lowest BCUT2D eigenvalue weighted by Crippen LogP contribution is -2.17. The van der Waals surface area contributed by atoms with Gasteiger partial charge in [0, 0.05) is 6.20 Å². The number of H-pyrrole nitrogens is 1. The summed E-state index contributed by atoms with van der Waals surface area (Å²) in [6.07, 6.45) is 1.84. The third-order valence-electron chi connectivity index (χ3n) is 2.01. The van der Waals surface area contributed by atoms with Crippen molar-refractivity contribution in [2.45, 2.75) is 19.9 Å². The molecule has 0 amide bonds. The van der Waals surface area contributed by atoms with Gasteiger partial charge < -0.3 is 15.5 Å². The van der Waals surface area contributed by atoms with E-state index in [1.54, 1.807) is 7.11 Å². The molecule has 0 aromatic carbocycles. The SMILES string of the molecule is COc1cc[nH]c1[C@@H](N)C(C)C. The van der Waals surface area contributed by atoms with Gasteiger partial charge in [-0.15, -0.1) is 0 Å². The van der Waals surface area contributed by atoms with Crippen molar-refractivity contribution < 1.29 is 4.74 Å². The van der Waals surface area contributed by atoms with Crippen LogP contribution in [0.4, 0.5) is 0 Å². The van der Waals surface area contributed by atoms with E-state index < -0.39 is 0 Å². The number of nitrogens with two attached hydrogens (primary N) is 1. The summed E-state index contributed by atoms with van der Waals surface area (Å²) in [6, 6.07) is 1.91. The van der Waals surface area contributed by atoms with E-state index in [0.717, 1.165) is 11.4 Å². The Hall–Kier alpha value is -0.960. The molecule has 3 N–H and O–H groups in total. The summed E-state index contributed by atoms with van der Waals surface area (Å²) in [4.78, 5) is 3.09. The van der Waals surface area contributed by atoms with Crippen LogP contribution in [0, 0.1) is 5.92 Å². The number of hydrogen-bond acceptors (Lipinski definition) is 2. The Kier molecular flexibility index (Phi) is 2.76. The fourth-order valence-electron chi connectivity index (χ4n) is 1.14. The highest BCUT2D eigenvalue weighted by molar-refractivity contribution is 5.30. The average Bonchev–Trinajstić information content (AvgIpc) is 2.49. The Morgan fingerprint density at radius 3 is 2.67 bits per heavy atom. The summed E-state index contributed by atoms with van der Waals surface area (Å²) in [5.41, 5.74) is 6.93. The van der Waals surface area contributed by atoms with Gasteiger partial charge in [0.25, 0.3) is 0 Å². The Morgan fingerprint density at radius 2 is 2.17 bits per heavy atom. The fraction of sp³-hybridized carbons (Fsp3) is 0.556. The number of nitrogens with one attached hydrogen (secondary N) is 1. The Balaban J connectivity index is 2.86. The average molecular weight is 168 g/mol. The minimum atomic E-state index is 0.0231. The molecule has 0 unspecified atom stereocenters. The van der Waals surface area contributed by atoms with Crippen LogP contribution >= 0.6 is 0 Å². The number of ether oxygens (including phenoxy) is 1. The van der Waals surface area contributed by atoms with Gasteiger partial charge in [0.1, 0.15) is 5.75 Å². The lowest BCUT2D eigenvalue weighted by atomic mass is 10.0. The highest BCUT2D eigenvalue weighted by Crippen LogP contribution is 2.26. The van der Waals surface area contributed by atoms with E-state index in [0.29, 0.717) is 5.92 Å². The fourth-order valence-corrected chi connectivity index (χ4v) is 1.14. The first kappa shape index (κ1) is 9.13. The van der Waals surface area contributed by atoms with Gasteiger partial charge in [0.05, 0.1) is 18.8 Å². The van der Waals surface area contributed by atoms with Gasteiger partial charge in [-0.3, -0.25) is 0 Å². The molecule has 1 aromatic heterocycles. The molecule has 3 nitrogen and oxygen atoms in total. The van der Waals surface area contributed by atoms with E-state index in [1.165, 1.54) is 0 Å². The van der Waals surface area contributed by atoms with Crippen LogP contribution in [0.15, 0.2) is 12.3 Å². The molecule has 0 saturated carbocycles. The normalized spacial score (nSPS) is 13.4. The molecule has 1 atom stereocenters. The van der Waals surface area contributed by atoms with Crippen LogP contribution in [-0.4, -0.2) is 12.1 Å². The van der Waals surface area contributed by atoms with Crippen molar-refractivity contribution in [3.05, 3.63) is 18.0 Å². The van der Waals surface area contributed by atoms with Gasteiger partial charge >= 0.3 is 0 Å². The van der Waals surface area contributed by atoms with E-state index in [2.05, 4.69) is 18.8 Å². The van der Waals surface area contributed by atoms with Crippen molar-refractivity contribution in [3.63, 3.8) is 0 Å². The van der Waals surface area contributed by atoms with Crippen LogP contribution in [0.3, 0.4) is 0 Å². The largest absolute Gasteiger partial charge is 0.495 e. The van der Waals surface area contributed by atoms with Crippen molar-refractivity contribution in [1.82, 2.24) is 4.98 Å². The summed E-state index contributed by atoms with van der Waals surface area (Å²) in [5, 5.41) is 0. The van der Waals surface area contributed by atoms with Crippen LogP contribution in [0.5, 0.6) is 5.75 Å². The maximum atomic E-state index is 5.95. The van der Waals surface area contributed by atoms with Gasteiger partial charge in [0.2, 0.25) is 0 Å². The topological polar surface area (TPSA) is 51.0 Å². The van der Waals surface area contributed by atoms with Gasteiger partial charge in [-0.1, -0.05) is 13.8 Å². The molecule has 0 fully saturated rings. The number of methoxy groups -OCH3 is 1. The molecule has 0 radical (unpaired) electrons. The quantitative estimate of drug-likeness (QED) is 0.721. The lowest BCUT2D eigenvalue weighted by Gasteiger charge is -2.15. The highest BCUT2D eigenvalue weighted by atomic mass is 16.5. The zero-order chi connectivity index (χ0) is 9.14. The minimum Gasteiger partial charge on any atom is -0.495 e. The summed E-state index contributed by atoms with van der Waals surface area (Å²) < 4.78 is 5.15. The Morgan fingerprint density at radius 1 is 1.50 bits per heavy atom. The molecule has 0 aliphatic rings. The first-order valence-electron chi connectivity index (χ1n) is 4.13. The highest BCUT2D eigenvalue weighted by Gasteiger charge is 2.15. The van der Waals surface area contributed by atoms with E-state index >= 15 is 0 Å². The molecule has 0 spiro atoms. The second-order valence-corrected chi connectivity index (χ2v) is 3.23. The summed E-state index contributed by atoms with van der Waals surface area (Å²) in [5.74, 6) is 1.26. The predicted molar refractivity (Wildman–Crippen MR) is 49.1 cm³/mol. The van der Waals surface area contributed by atoms with Crippen LogP contribution < -0.4 is 10.5 Å². The number of aromatic nitrogens is 1. The molecule has 0 aliphatic heterocycles. The van der Waals surface area contributed by atoms with Crippen LogP contribution in [0.1, 0.15) is 25.6 Å². The molecule has 1 rings (SSSR count). The zero-order valence-electron chi connectivity index (χ0n) is 7.79. The van der Waals surface area contributed by atoms with Crippen molar-refractivity contribution in [1.29, 1.82) is 0 Å². The van der Waals surface area contributed by atoms with Crippen molar-refractivity contribution in [2.24, 2.45) is 11.7 Å². The third-order valence-corrected chi connectivity index (χ3v) is 2.01. The standard InChI is InChI=1S/C9H16N2O/c1-6(2)8(10)9-7(12-3)4-5-11-9/h4-6,8,11H,10H2,1-3H3/t8-/m0/s1. The molecule has 1 aromatic rings. The molecule has 3 heteroatoms. The lowest BCUT2D eigenvalue weighted by molar-refractivity contribution is 0.395. The zero-order valence-corrected chi connectivity index (χ0v) is 7.79. The van der Waals surface area contributed by atoms with Crippen LogP contribution in [-0.2, 0) is 0 Å². The molecule has 0 bridgehead atoms. The summed E-state index contributed by atoms with van der Waals surface area (Å²) in [6.45, 7) is 4.18. The molecular formula is C9H16N2O. The Labute approximate surface area is 72.9 Å². The smallest absolute Gasteiger partial charge is 0.141 e. The maximum Gasteiger partial charge on any atom is 0.141 e. The van der Waals surface area contributed by atoms with Gasteiger partial charge in [-0.05, 0) is 12.0 Å². The minimum absolute atomic E-state index is 0.0231. The molecular weight excluding hydrogens is 152 g/mol. The van der Waals surface area contributed by atoms with E-state index in [-0.39, 0.29) is 6.04 Å². The monoisotopic (exact) mass is 168 g/mol. The third kappa shape index (κ3) is 1.61. The summed E-state index contributed by atoms with van der Waals surface area (Å²) >= 11 is 0. The van der Waals surface area contributed by atoms with Gasteiger partial charge in [-0.25, -0.2) is 0 Å². The van der Waals surface area contributed by atoms with Crippen molar-refractivity contribution in [2.75, 3.05) is 7.11 Å². The van der Waals surface area contributed by atoms with E-state index in [9.17, 15) is 0 Å². The van der Waals surface area contributed by atoms with Crippen LogP contribution in [0.2, 0.25) is 0 Å². The molecule has 12 heavy (non-hydrogen) atoms. The second-order valence-electron chi connectivity index (χ2n) is 3.23. The maximum absolute atomic E-state index is 5.95. The first-order chi connectivity index (χ1) is 5.66. The van der Waals surface area contributed by atoms with Gasteiger partial charge in [0.15, 0.2) is 0 Å². The van der Waals surface area contributed by atoms with Gasteiger partial charge in [-0.2, -0.15) is 0 Å². The molecule has 0 aliphatic carbocycles. The molecule has 1 heterocycles. The Bertz CT molecular complexity index is 242. The van der Waals surface area contributed by atoms with Crippen LogP contribution in [0.25, 0.3) is 0 Å². The predicted octanol–water partition coefficient (Wildman–Crippen LogP) is 1.68. The number of hydrogen-bond donors (Lipinski definition) is 2. The van der Waals surface area contributed by atoms with E-state index in [4.69, 9.17) is 10.5 Å². The number of aromatic amines is 1. The molecule has 0 saturated heterocycles. The second kappa shape index (κ2) is 3.63. The number of rotatable bonds is 3. The van der Waals surface area contributed by atoms with Crippen molar-refractivity contribution in [3.8, 4) is 5.75 Å². The van der Waals surface area contributed by atoms with Crippen molar-refractivity contribution >= 4 is 0 Å². The first-order valence-corrected chi connectivity index (χ1v) is 4.13. The summed E-state index contributed by atoms with van der Waals surface area (Å²) in [7, 11) is 1.65. The van der Waals surface area contributed by atoms with E-state index in [1.807, 2.05) is 12.3 Å². The molecule has 68 valence electrons.